The van der Waals surface area contributed by atoms with Crippen LogP contribution in [0.5, 0.6) is 5.75 Å². The van der Waals surface area contributed by atoms with Crippen molar-refractivity contribution in [2.24, 2.45) is 0 Å². The second-order valence-electron chi connectivity index (χ2n) is 6.41. The predicted octanol–water partition coefficient (Wildman–Crippen LogP) is 2.64. The summed E-state index contributed by atoms with van der Waals surface area (Å²) in [5.41, 5.74) is 0.141. The first-order valence-corrected chi connectivity index (χ1v) is 8.11. The number of nitrogens with one attached hydrogen (secondary N) is 1. The van der Waals surface area contributed by atoms with Gasteiger partial charge in [-0.05, 0) is 37.6 Å². The van der Waals surface area contributed by atoms with E-state index in [1.807, 2.05) is 12.1 Å². The van der Waals surface area contributed by atoms with Crippen LogP contribution in [-0.4, -0.2) is 35.2 Å². The molecule has 0 aliphatic rings. The maximum atomic E-state index is 12.4. The van der Waals surface area contributed by atoms with Gasteiger partial charge in [0.25, 0.3) is 11.6 Å². The van der Waals surface area contributed by atoms with Crippen molar-refractivity contribution in [2.75, 3.05) is 13.7 Å². The summed E-state index contributed by atoms with van der Waals surface area (Å²) < 4.78 is 5.10. The fourth-order valence-corrected chi connectivity index (χ4v) is 2.68. The van der Waals surface area contributed by atoms with E-state index < -0.39 is 16.4 Å². The summed E-state index contributed by atoms with van der Waals surface area (Å²) in [5.74, 6) is 0.268. The Kier molecular flexibility index (Phi) is 5.94. The Balaban J connectivity index is 2.03. The number of carbonyl (C=O) groups excluding carboxylic acids is 1. The van der Waals surface area contributed by atoms with Crippen molar-refractivity contribution in [3.8, 4) is 5.75 Å². The van der Waals surface area contributed by atoms with E-state index in [-0.39, 0.29) is 17.8 Å². The monoisotopic (exact) mass is 358 g/mol. The normalized spacial score (nSPS) is 12.9. The molecule has 1 atom stereocenters. The third-order valence-electron chi connectivity index (χ3n) is 4.12. The van der Waals surface area contributed by atoms with E-state index >= 15 is 0 Å². The van der Waals surface area contributed by atoms with Crippen LogP contribution >= 0.6 is 0 Å². The van der Waals surface area contributed by atoms with Crippen LogP contribution in [0.3, 0.4) is 0 Å². The molecule has 2 aromatic rings. The summed E-state index contributed by atoms with van der Waals surface area (Å²) in [7, 11) is 1.58. The molecule has 2 N–H and O–H groups in total. The van der Waals surface area contributed by atoms with Crippen molar-refractivity contribution in [3.63, 3.8) is 0 Å². The lowest BCUT2D eigenvalue weighted by atomic mass is 9.96. The highest BCUT2D eigenvalue weighted by Gasteiger charge is 2.24. The Morgan fingerprint density at radius 1 is 1.27 bits per heavy atom. The smallest absolute Gasteiger partial charge is 0.273 e. The molecule has 7 heteroatoms. The zero-order valence-electron chi connectivity index (χ0n) is 15.0. The number of amides is 1. The average Bonchev–Trinajstić information content (AvgIpc) is 2.60. The van der Waals surface area contributed by atoms with E-state index in [9.17, 15) is 20.0 Å². The van der Waals surface area contributed by atoms with Crippen molar-refractivity contribution < 1.29 is 19.6 Å². The highest BCUT2D eigenvalue weighted by Crippen LogP contribution is 2.21. The SMILES string of the molecule is COc1ccc(CC(C)(O)CNC(=O)c2cccc([N+](=O)[O-])c2C)cc1. The van der Waals surface area contributed by atoms with Gasteiger partial charge in [-0.1, -0.05) is 18.2 Å². The Bertz CT molecular complexity index is 800. The molecule has 0 aliphatic carbocycles. The molecule has 0 aromatic heterocycles. The van der Waals surface area contributed by atoms with Crippen LogP contribution < -0.4 is 10.1 Å². The molecule has 7 nitrogen and oxygen atoms in total. The number of hydrogen-bond donors (Lipinski definition) is 2. The summed E-state index contributed by atoms with van der Waals surface area (Å²) in [4.78, 5) is 22.8. The summed E-state index contributed by atoms with van der Waals surface area (Å²) in [6.45, 7) is 3.17. The Hall–Kier alpha value is -2.93. The van der Waals surface area contributed by atoms with E-state index in [0.717, 1.165) is 11.3 Å². The number of methoxy groups -OCH3 is 1. The second kappa shape index (κ2) is 7.97. The lowest BCUT2D eigenvalue weighted by Crippen LogP contribution is -2.42. The second-order valence-corrected chi connectivity index (χ2v) is 6.41. The number of nitro benzene ring substituents is 1. The van der Waals surface area contributed by atoms with Gasteiger partial charge in [0, 0.05) is 30.2 Å². The van der Waals surface area contributed by atoms with Crippen molar-refractivity contribution in [1.29, 1.82) is 0 Å². The third kappa shape index (κ3) is 4.80. The Morgan fingerprint density at radius 3 is 2.50 bits per heavy atom. The maximum Gasteiger partial charge on any atom is 0.273 e. The van der Waals surface area contributed by atoms with Crippen molar-refractivity contribution >= 4 is 11.6 Å². The standard InChI is InChI=1S/C19H22N2O5/c1-13-16(5-4-6-17(13)21(24)25)18(22)20-12-19(2,23)11-14-7-9-15(26-3)10-8-14/h4-10,23H,11-12H2,1-3H3,(H,20,22). The van der Waals surface area contributed by atoms with Gasteiger partial charge in [-0.15, -0.1) is 0 Å². The Morgan fingerprint density at radius 2 is 1.92 bits per heavy atom. The maximum absolute atomic E-state index is 12.4. The van der Waals surface area contributed by atoms with Crippen LogP contribution in [0.25, 0.3) is 0 Å². The van der Waals surface area contributed by atoms with Crippen LogP contribution in [0.15, 0.2) is 42.5 Å². The van der Waals surface area contributed by atoms with E-state index in [1.165, 1.54) is 25.1 Å². The highest BCUT2D eigenvalue weighted by molar-refractivity contribution is 5.96. The molecular formula is C19H22N2O5. The van der Waals surface area contributed by atoms with E-state index in [4.69, 9.17) is 4.74 Å². The van der Waals surface area contributed by atoms with Gasteiger partial charge in [-0.2, -0.15) is 0 Å². The molecule has 2 aromatic carbocycles. The first-order chi connectivity index (χ1) is 12.2. The first-order valence-electron chi connectivity index (χ1n) is 8.11. The molecule has 0 fully saturated rings. The van der Waals surface area contributed by atoms with Gasteiger partial charge in [0.15, 0.2) is 0 Å². The van der Waals surface area contributed by atoms with E-state index in [2.05, 4.69) is 5.32 Å². The number of nitrogens with zero attached hydrogens (tertiary/aromatic N) is 1. The highest BCUT2D eigenvalue weighted by atomic mass is 16.6. The first kappa shape index (κ1) is 19.4. The van der Waals surface area contributed by atoms with Gasteiger partial charge in [0.2, 0.25) is 0 Å². The number of ether oxygens (including phenoxy) is 1. The van der Waals surface area contributed by atoms with Crippen molar-refractivity contribution in [1.82, 2.24) is 5.32 Å². The van der Waals surface area contributed by atoms with Gasteiger partial charge < -0.3 is 15.2 Å². The molecule has 0 aliphatic heterocycles. The number of aliphatic hydroxyl groups is 1. The molecule has 1 unspecified atom stereocenters. The number of carbonyl (C=O) groups is 1. The largest absolute Gasteiger partial charge is 0.497 e. The number of rotatable bonds is 7. The lowest BCUT2D eigenvalue weighted by molar-refractivity contribution is -0.385. The summed E-state index contributed by atoms with van der Waals surface area (Å²) in [6, 6.07) is 11.6. The van der Waals surface area contributed by atoms with Gasteiger partial charge in [-0.3, -0.25) is 14.9 Å². The topological polar surface area (TPSA) is 102 Å². The summed E-state index contributed by atoms with van der Waals surface area (Å²) in [6.07, 6.45) is 0.338. The zero-order chi connectivity index (χ0) is 19.3. The van der Waals surface area contributed by atoms with E-state index in [0.29, 0.717) is 12.0 Å². The van der Waals surface area contributed by atoms with Crippen molar-refractivity contribution in [3.05, 3.63) is 69.3 Å². The molecule has 0 saturated heterocycles. The third-order valence-corrected chi connectivity index (χ3v) is 4.12. The zero-order valence-corrected chi connectivity index (χ0v) is 15.0. The number of nitro groups is 1. The molecule has 0 spiro atoms. The van der Waals surface area contributed by atoms with E-state index in [1.54, 1.807) is 26.2 Å². The van der Waals surface area contributed by atoms with Gasteiger partial charge in [0.1, 0.15) is 5.75 Å². The summed E-state index contributed by atoms with van der Waals surface area (Å²) >= 11 is 0. The quantitative estimate of drug-likeness (QED) is 0.585. The molecule has 138 valence electrons. The van der Waals surface area contributed by atoms with Crippen LogP contribution in [-0.2, 0) is 6.42 Å². The Labute approximate surface area is 151 Å². The molecule has 0 saturated carbocycles. The molecule has 0 bridgehead atoms. The van der Waals surface area contributed by atoms with Crippen LogP contribution in [0, 0.1) is 17.0 Å². The predicted molar refractivity (Wildman–Crippen MR) is 97.5 cm³/mol. The molecule has 0 radical (unpaired) electrons. The number of hydrogen-bond acceptors (Lipinski definition) is 5. The fraction of sp³-hybridized carbons (Fsp3) is 0.316. The molecular weight excluding hydrogens is 336 g/mol. The average molecular weight is 358 g/mol. The van der Waals surface area contributed by atoms with Crippen molar-refractivity contribution in [2.45, 2.75) is 25.9 Å². The molecule has 1 amide bonds. The fourth-order valence-electron chi connectivity index (χ4n) is 2.68. The molecule has 2 rings (SSSR count). The van der Waals surface area contributed by atoms with Crippen LogP contribution in [0.4, 0.5) is 5.69 Å². The molecule has 0 heterocycles. The van der Waals surface area contributed by atoms with Crippen LogP contribution in [0.2, 0.25) is 0 Å². The minimum Gasteiger partial charge on any atom is -0.497 e. The minimum absolute atomic E-state index is 0.0139. The van der Waals surface area contributed by atoms with Gasteiger partial charge >= 0.3 is 0 Å². The minimum atomic E-state index is -1.17. The van der Waals surface area contributed by atoms with Gasteiger partial charge in [-0.25, -0.2) is 0 Å². The molecule has 26 heavy (non-hydrogen) atoms. The van der Waals surface area contributed by atoms with Gasteiger partial charge in [0.05, 0.1) is 17.6 Å². The lowest BCUT2D eigenvalue weighted by Gasteiger charge is -2.24. The number of benzene rings is 2. The summed E-state index contributed by atoms with van der Waals surface area (Å²) in [5, 5.41) is 24.2. The van der Waals surface area contributed by atoms with Crippen LogP contribution in [0.1, 0.15) is 28.4 Å².